The maximum absolute atomic E-state index is 13.7. The topological polar surface area (TPSA) is 72.2 Å². The number of sulfonamides is 1. The molecule has 1 aromatic rings. The third-order valence-electron chi connectivity index (χ3n) is 4.35. The van der Waals surface area contributed by atoms with E-state index in [9.17, 15) is 17.2 Å². The van der Waals surface area contributed by atoms with E-state index in [1.165, 1.54) is 0 Å². The van der Waals surface area contributed by atoms with Crippen molar-refractivity contribution in [2.24, 2.45) is 11.8 Å². The second kappa shape index (κ2) is 5.88. The molecule has 1 aliphatic carbocycles. The zero-order chi connectivity index (χ0) is 15.8. The average molecular weight is 318 g/mol. The Morgan fingerprint density at radius 2 is 1.86 bits per heavy atom. The Kier molecular flexibility index (Phi) is 4.53. The molecular formula is C14H20F2N2O2S. The van der Waals surface area contributed by atoms with Crippen molar-refractivity contribution < 1.29 is 17.2 Å². The van der Waals surface area contributed by atoms with E-state index < -0.39 is 26.6 Å². The van der Waals surface area contributed by atoms with Crippen LogP contribution >= 0.6 is 0 Å². The highest BCUT2D eigenvalue weighted by molar-refractivity contribution is 7.89. The Hall–Kier alpha value is -1.21. The predicted octanol–water partition coefficient (Wildman–Crippen LogP) is 2.65. The molecule has 4 nitrogen and oxygen atoms in total. The number of benzene rings is 1. The van der Waals surface area contributed by atoms with Gasteiger partial charge < -0.3 is 5.73 Å². The molecule has 0 radical (unpaired) electrons. The van der Waals surface area contributed by atoms with Gasteiger partial charge in [0.05, 0.1) is 5.69 Å². The van der Waals surface area contributed by atoms with Crippen LogP contribution in [0.5, 0.6) is 0 Å². The highest BCUT2D eigenvalue weighted by Gasteiger charge is 2.32. The van der Waals surface area contributed by atoms with Gasteiger partial charge in [-0.2, -0.15) is 0 Å². The summed E-state index contributed by atoms with van der Waals surface area (Å²) in [6, 6.07) is 1.07. The molecular weight excluding hydrogens is 298 g/mol. The molecule has 3 unspecified atom stereocenters. The third-order valence-corrected chi connectivity index (χ3v) is 5.86. The Balaban J connectivity index is 2.28. The molecule has 0 aromatic heterocycles. The van der Waals surface area contributed by atoms with Gasteiger partial charge in [-0.3, -0.25) is 0 Å². The van der Waals surface area contributed by atoms with Gasteiger partial charge in [0.2, 0.25) is 10.0 Å². The highest BCUT2D eigenvalue weighted by atomic mass is 32.2. The maximum atomic E-state index is 13.7. The summed E-state index contributed by atoms with van der Waals surface area (Å²) < 4.78 is 54.0. The monoisotopic (exact) mass is 318 g/mol. The van der Waals surface area contributed by atoms with Crippen molar-refractivity contribution in [3.63, 3.8) is 0 Å². The molecule has 118 valence electrons. The van der Waals surface area contributed by atoms with E-state index in [2.05, 4.69) is 11.6 Å². The van der Waals surface area contributed by atoms with Gasteiger partial charge in [-0.1, -0.05) is 26.7 Å². The molecule has 1 fully saturated rings. The van der Waals surface area contributed by atoms with Gasteiger partial charge in [0.1, 0.15) is 16.5 Å². The van der Waals surface area contributed by atoms with E-state index in [0.29, 0.717) is 18.4 Å². The molecule has 21 heavy (non-hydrogen) atoms. The van der Waals surface area contributed by atoms with E-state index in [1.54, 1.807) is 0 Å². The molecule has 0 aliphatic heterocycles. The lowest BCUT2D eigenvalue weighted by Gasteiger charge is -2.34. The second-order valence-corrected chi connectivity index (χ2v) is 7.48. The van der Waals surface area contributed by atoms with Gasteiger partial charge in [-0.05, 0) is 24.3 Å². The number of nitrogen functional groups attached to an aromatic ring is 1. The number of halogens is 2. The van der Waals surface area contributed by atoms with Crippen LogP contribution in [0.4, 0.5) is 14.5 Å². The van der Waals surface area contributed by atoms with Crippen LogP contribution in [0.25, 0.3) is 0 Å². The highest BCUT2D eigenvalue weighted by Crippen LogP contribution is 2.31. The van der Waals surface area contributed by atoms with Crippen LogP contribution < -0.4 is 10.5 Å². The average Bonchev–Trinajstić information content (AvgIpc) is 2.39. The van der Waals surface area contributed by atoms with Crippen molar-refractivity contribution in [3.05, 3.63) is 23.8 Å². The number of nitrogens with two attached hydrogens (primary N) is 1. The van der Waals surface area contributed by atoms with E-state index in [4.69, 9.17) is 5.73 Å². The maximum Gasteiger partial charge on any atom is 0.243 e. The van der Waals surface area contributed by atoms with E-state index in [-0.39, 0.29) is 17.6 Å². The summed E-state index contributed by atoms with van der Waals surface area (Å²) in [7, 11) is -4.06. The fourth-order valence-corrected chi connectivity index (χ4v) is 4.22. The summed E-state index contributed by atoms with van der Waals surface area (Å²) in [5.41, 5.74) is 4.95. The Morgan fingerprint density at radius 1 is 1.19 bits per heavy atom. The Labute approximate surface area is 123 Å². The molecule has 0 saturated heterocycles. The van der Waals surface area contributed by atoms with Crippen molar-refractivity contribution in [3.8, 4) is 0 Å². The van der Waals surface area contributed by atoms with Crippen molar-refractivity contribution in [1.82, 2.24) is 4.72 Å². The minimum atomic E-state index is -4.06. The summed E-state index contributed by atoms with van der Waals surface area (Å²) in [4.78, 5) is -0.605. The number of hydrogen-bond acceptors (Lipinski definition) is 3. The first-order chi connectivity index (χ1) is 9.72. The van der Waals surface area contributed by atoms with Gasteiger partial charge in [0.15, 0.2) is 0 Å². The number of anilines is 1. The summed E-state index contributed by atoms with van der Waals surface area (Å²) in [5, 5.41) is 0. The van der Waals surface area contributed by atoms with Gasteiger partial charge in [-0.25, -0.2) is 21.9 Å². The Bertz CT molecular complexity index is 634. The van der Waals surface area contributed by atoms with Gasteiger partial charge in [0.25, 0.3) is 0 Å². The first kappa shape index (κ1) is 16.2. The quantitative estimate of drug-likeness (QED) is 0.842. The zero-order valence-corrected chi connectivity index (χ0v) is 12.9. The summed E-state index contributed by atoms with van der Waals surface area (Å²) in [6.45, 7) is 4.05. The standard InChI is InChI=1S/C14H20F2N2O2S/c1-8-4-3-5-13(9(8)2)18-21(19,20)14-7-12(17)10(15)6-11(14)16/h6-9,13,18H,3-5,17H2,1-2H3. The lowest BCUT2D eigenvalue weighted by Crippen LogP contribution is -2.43. The molecule has 1 aliphatic rings. The molecule has 1 aromatic carbocycles. The largest absolute Gasteiger partial charge is 0.396 e. The van der Waals surface area contributed by atoms with Crippen molar-refractivity contribution in [2.45, 2.75) is 44.0 Å². The van der Waals surface area contributed by atoms with Crippen LogP contribution in [0.3, 0.4) is 0 Å². The predicted molar refractivity (Wildman–Crippen MR) is 77.1 cm³/mol. The van der Waals surface area contributed by atoms with E-state index in [1.807, 2.05) is 6.92 Å². The molecule has 3 atom stereocenters. The van der Waals surface area contributed by atoms with Crippen molar-refractivity contribution in [2.75, 3.05) is 5.73 Å². The minimum absolute atomic E-state index is 0.161. The minimum Gasteiger partial charge on any atom is -0.396 e. The number of hydrogen-bond donors (Lipinski definition) is 2. The van der Waals surface area contributed by atoms with Gasteiger partial charge in [-0.15, -0.1) is 0 Å². The van der Waals surface area contributed by atoms with Crippen LogP contribution in [-0.2, 0) is 10.0 Å². The normalized spacial score (nSPS) is 26.8. The molecule has 7 heteroatoms. The third kappa shape index (κ3) is 3.35. The van der Waals surface area contributed by atoms with Gasteiger partial charge >= 0.3 is 0 Å². The molecule has 0 amide bonds. The summed E-state index contributed by atoms with van der Waals surface area (Å²) in [5.74, 6) is -1.54. The fourth-order valence-electron chi connectivity index (χ4n) is 2.76. The fraction of sp³-hybridized carbons (Fsp3) is 0.571. The van der Waals surface area contributed by atoms with E-state index >= 15 is 0 Å². The molecule has 0 spiro atoms. The number of rotatable bonds is 3. The first-order valence-electron chi connectivity index (χ1n) is 6.99. The van der Waals surface area contributed by atoms with Crippen LogP contribution in [-0.4, -0.2) is 14.5 Å². The lowest BCUT2D eigenvalue weighted by atomic mass is 9.78. The van der Waals surface area contributed by atoms with Crippen molar-refractivity contribution >= 4 is 15.7 Å². The molecule has 2 rings (SSSR count). The smallest absolute Gasteiger partial charge is 0.243 e. The van der Waals surface area contributed by atoms with Crippen LogP contribution in [0, 0.1) is 23.5 Å². The lowest BCUT2D eigenvalue weighted by molar-refractivity contribution is 0.227. The first-order valence-corrected chi connectivity index (χ1v) is 8.47. The number of nitrogens with one attached hydrogen (secondary N) is 1. The second-order valence-electron chi connectivity index (χ2n) is 5.80. The van der Waals surface area contributed by atoms with Crippen molar-refractivity contribution in [1.29, 1.82) is 0 Å². The summed E-state index contributed by atoms with van der Waals surface area (Å²) >= 11 is 0. The van der Waals surface area contributed by atoms with Crippen LogP contribution in [0.2, 0.25) is 0 Å². The Morgan fingerprint density at radius 3 is 2.52 bits per heavy atom. The van der Waals surface area contributed by atoms with Crippen LogP contribution in [0.15, 0.2) is 17.0 Å². The van der Waals surface area contributed by atoms with E-state index in [0.717, 1.165) is 18.9 Å². The molecule has 1 saturated carbocycles. The van der Waals surface area contributed by atoms with Gasteiger partial charge in [0, 0.05) is 12.1 Å². The zero-order valence-electron chi connectivity index (χ0n) is 12.1. The molecule has 0 bridgehead atoms. The molecule has 3 N–H and O–H groups in total. The van der Waals surface area contributed by atoms with Crippen LogP contribution in [0.1, 0.15) is 33.1 Å². The molecule has 0 heterocycles. The SMILES string of the molecule is CC1CCCC(NS(=O)(=O)c2cc(N)c(F)cc2F)C1C. The summed E-state index contributed by atoms with van der Waals surface area (Å²) in [6.07, 6.45) is 2.69.